The summed E-state index contributed by atoms with van der Waals surface area (Å²) in [6.07, 6.45) is 0. The summed E-state index contributed by atoms with van der Waals surface area (Å²) in [5.41, 5.74) is 1.35. The van der Waals surface area contributed by atoms with Crippen molar-refractivity contribution >= 4 is 17.4 Å². The van der Waals surface area contributed by atoms with Crippen molar-refractivity contribution in [2.24, 2.45) is 0 Å². The van der Waals surface area contributed by atoms with Crippen molar-refractivity contribution in [3.05, 3.63) is 48.5 Å². The van der Waals surface area contributed by atoms with Gasteiger partial charge in [0.15, 0.2) is 11.5 Å². The number of para-hydroxylation sites is 1. The Kier molecular flexibility index (Phi) is 7.33. The van der Waals surface area contributed by atoms with E-state index < -0.39 is 0 Å². The summed E-state index contributed by atoms with van der Waals surface area (Å²) >= 11 is 0. The van der Waals surface area contributed by atoms with Crippen molar-refractivity contribution in [3.63, 3.8) is 0 Å². The molecule has 0 aromatic heterocycles. The number of carbonyl (C=O) groups excluding carboxylic acids is 1. The first-order valence-corrected chi connectivity index (χ1v) is 7.08. The second kappa shape index (κ2) is 9.28. The molecular formula is C17H22N2O3. The molecule has 0 fully saturated rings. The maximum absolute atomic E-state index is 11.8. The quantitative estimate of drug-likeness (QED) is 0.881. The summed E-state index contributed by atoms with van der Waals surface area (Å²) in [6, 6.07) is 14.1. The van der Waals surface area contributed by atoms with E-state index in [0.29, 0.717) is 17.2 Å². The second-order valence-corrected chi connectivity index (χ2v) is 4.01. The molecular weight excluding hydrogens is 280 g/mol. The van der Waals surface area contributed by atoms with Crippen molar-refractivity contribution in [1.29, 1.82) is 0 Å². The van der Waals surface area contributed by atoms with Crippen LogP contribution in [0.25, 0.3) is 0 Å². The van der Waals surface area contributed by atoms with Crippen molar-refractivity contribution in [1.82, 2.24) is 0 Å². The minimum atomic E-state index is -0.316. The van der Waals surface area contributed by atoms with Gasteiger partial charge in [-0.15, -0.1) is 0 Å². The number of urea groups is 1. The molecule has 2 rings (SSSR count). The zero-order valence-corrected chi connectivity index (χ0v) is 13.3. The molecule has 0 aliphatic rings. The van der Waals surface area contributed by atoms with E-state index in [2.05, 4.69) is 10.6 Å². The van der Waals surface area contributed by atoms with Gasteiger partial charge in [-0.25, -0.2) is 4.79 Å². The van der Waals surface area contributed by atoms with Gasteiger partial charge < -0.3 is 20.1 Å². The molecule has 0 saturated carbocycles. The van der Waals surface area contributed by atoms with Gasteiger partial charge in [0.25, 0.3) is 0 Å². The fourth-order valence-electron chi connectivity index (χ4n) is 1.73. The topological polar surface area (TPSA) is 59.6 Å². The molecule has 22 heavy (non-hydrogen) atoms. The molecule has 0 atom stereocenters. The molecule has 2 amide bonds. The Balaban J connectivity index is 0.00000116. The van der Waals surface area contributed by atoms with E-state index in [1.807, 2.05) is 44.2 Å². The summed E-state index contributed by atoms with van der Waals surface area (Å²) in [7, 11) is 3.11. The summed E-state index contributed by atoms with van der Waals surface area (Å²) in [4.78, 5) is 11.8. The van der Waals surface area contributed by atoms with Gasteiger partial charge in [-0.1, -0.05) is 32.0 Å². The second-order valence-electron chi connectivity index (χ2n) is 4.01. The van der Waals surface area contributed by atoms with Crippen LogP contribution in [0.3, 0.4) is 0 Å². The van der Waals surface area contributed by atoms with Crippen LogP contribution in [-0.4, -0.2) is 20.3 Å². The average Bonchev–Trinajstić information content (AvgIpc) is 2.57. The number of methoxy groups -OCH3 is 2. The normalized spacial score (nSPS) is 9.09. The van der Waals surface area contributed by atoms with Crippen LogP contribution in [0.2, 0.25) is 0 Å². The van der Waals surface area contributed by atoms with E-state index in [0.717, 1.165) is 5.69 Å². The van der Waals surface area contributed by atoms with E-state index in [4.69, 9.17) is 9.47 Å². The largest absolute Gasteiger partial charge is 0.493 e. The number of carbonyl (C=O) groups is 1. The van der Waals surface area contributed by atoms with Crippen LogP contribution < -0.4 is 20.1 Å². The average molecular weight is 302 g/mol. The van der Waals surface area contributed by atoms with E-state index in [9.17, 15) is 4.79 Å². The molecule has 0 aliphatic heterocycles. The third kappa shape index (κ3) is 5.01. The Bertz CT molecular complexity index is 586. The van der Waals surface area contributed by atoms with E-state index in [1.165, 1.54) is 0 Å². The summed E-state index contributed by atoms with van der Waals surface area (Å²) < 4.78 is 10.3. The molecule has 2 aromatic carbocycles. The van der Waals surface area contributed by atoms with Crippen LogP contribution in [0.15, 0.2) is 48.5 Å². The Morgan fingerprint density at radius 3 is 2.00 bits per heavy atom. The minimum Gasteiger partial charge on any atom is -0.493 e. The maximum atomic E-state index is 11.8. The zero-order valence-electron chi connectivity index (χ0n) is 13.3. The standard InChI is InChI=1S/C15H16N2O3.C2H6/c1-19-13-9-8-12(10-14(13)20-2)17-15(18)16-11-6-4-3-5-7-11;1-2/h3-10H,1-2H3,(H2,16,17,18);1-2H3. The molecule has 118 valence electrons. The van der Waals surface area contributed by atoms with Gasteiger partial charge in [0.05, 0.1) is 14.2 Å². The molecule has 5 nitrogen and oxygen atoms in total. The highest BCUT2D eigenvalue weighted by Crippen LogP contribution is 2.29. The Morgan fingerprint density at radius 2 is 1.41 bits per heavy atom. The van der Waals surface area contributed by atoms with Crippen molar-refractivity contribution in [2.45, 2.75) is 13.8 Å². The van der Waals surface area contributed by atoms with E-state index >= 15 is 0 Å². The molecule has 0 radical (unpaired) electrons. The highest BCUT2D eigenvalue weighted by Gasteiger charge is 2.07. The van der Waals surface area contributed by atoms with Gasteiger partial charge in [0, 0.05) is 17.4 Å². The number of anilines is 2. The molecule has 5 heteroatoms. The molecule has 0 aliphatic carbocycles. The Morgan fingerprint density at radius 1 is 0.818 bits per heavy atom. The first-order valence-electron chi connectivity index (χ1n) is 7.08. The lowest BCUT2D eigenvalue weighted by Crippen LogP contribution is -2.19. The number of rotatable bonds is 4. The lowest BCUT2D eigenvalue weighted by molar-refractivity contribution is 0.262. The smallest absolute Gasteiger partial charge is 0.323 e. The van der Waals surface area contributed by atoms with Crippen molar-refractivity contribution in [3.8, 4) is 11.5 Å². The van der Waals surface area contributed by atoms with Crippen molar-refractivity contribution < 1.29 is 14.3 Å². The molecule has 0 unspecified atom stereocenters. The van der Waals surface area contributed by atoms with Crippen LogP contribution in [0.4, 0.5) is 16.2 Å². The van der Waals surface area contributed by atoms with Gasteiger partial charge >= 0.3 is 6.03 Å². The number of benzene rings is 2. The lowest BCUT2D eigenvalue weighted by Gasteiger charge is -2.11. The first kappa shape index (κ1) is 17.4. The van der Waals surface area contributed by atoms with Gasteiger partial charge in [-0.3, -0.25) is 0 Å². The first-order chi connectivity index (χ1) is 10.7. The minimum absolute atomic E-state index is 0.316. The van der Waals surface area contributed by atoms with Gasteiger partial charge in [-0.05, 0) is 24.3 Å². The molecule has 2 N–H and O–H groups in total. The SMILES string of the molecule is CC.COc1ccc(NC(=O)Nc2ccccc2)cc1OC. The summed E-state index contributed by atoms with van der Waals surface area (Å²) in [5.74, 6) is 1.17. The molecule has 0 spiro atoms. The highest BCUT2D eigenvalue weighted by molar-refractivity contribution is 5.99. The van der Waals surface area contributed by atoms with Crippen molar-refractivity contribution in [2.75, 3.05) is 24.9 Å². The molecule has 2 aromatic rings. The number of hydrogen-bond acceptors (Lipinski definition) is 3. The highest BCUT2D eigenvalue weighted by atomic mass is 16.5. The predicted molar refractivity (Wildman–Crippen MR) is 90.0 cm³/mol. The predicted octanol–water partition coefficient (Wildman–Crippen LogP) is 4.37. The number of hydrogen-bond donors (Lipinski definition) is 2. The molecule has 0 heterocycles. The molecule has 0 bridgehead atoms. The van der Waals surface area contributed by atoms with Gasteiger partial charge in [0.2, 0.25) is 0 Å². The van der Waals surface area contributed by atoms with Crippen LogP contribution in [0.1, 0.15) is 13.8 Å². The fraction of sp³-hybridized carbons (Fsp3) is 0.235. The number of amides is 2. The van der Waals surface area contributed by atoms with E-state index in [-0.39, 0.29) is 6.03 Å². The number of nitrogens with one attached hydrogen (secondary N) is 2. The summed E-state index contributed by atoms with van der Waals surface area (Å²) in [5, 5.41) is 5.47. The Labute approximate surface area is 131 Å². The van der Waals surface area contributed by atoms with Crippen LogP contribution in [-0.2, 0) is 0 Å². The van der Waals surface area contributed by atoms with Gasteiger partial charge in [-0.2, -0.15) is 0 Å². The fourth-order valence-corrected chi connectivity index (χ4v) is 1.73. The molecule has 0 saturated heterocycles. The zero-order chi connectivity index (χ0) is 16.4. The van der Waals surface area contributed by atoms with Crippen LogP contribution in [0, 0.1) is 0 Å². The van der Waals surface area contributed by atoms with Crippen LogP contribution in [0.5, 0.6) is 11.5 Å². The number of ether oxygens (including phenoxy) is 2. The third-order valence-corrected chi connectivity index (χ3v) is 2.67. The Hall–Kier alpha value is -2.69. The summed E-state index contributed by atoms with van der Waals surface area (Å²) in [6.45, 7) is 4.00. The maximum Gasteiger partial charge on any atom is 0.323 e. The van der Waals surface area contributed by atoms with E-state index in [1.54, 1.807) is 32.4 Å². The lowest BCUT2D eigenvalue weighted by atomic mass is 10.2. The third-order valence-electron chi connectivity index (χ3n) is 2.67. The van der Waals surface area contributed by atoms with Gasteiger partial charge in [0.1, 0.15) is 0 Å². The monoisotopic (exact) mass is 302 g/mol. The van der Waals surface area contributed by atoms with Crippen LogP contribution >= 0.6 is 0 Å².